The summed E-state index contributed by atoms with van der Waals surface area (Å²) in [7, 11) is 0. The van der Waals surface area contributed by atoms with Crippen molar-refractivity contribution in [2.24, 2.45) is 0 Å². The maximum Gasteiger partial charge on any atom is 0.0794 e. The molecule has 21 heavy (non-hydrogen) atoms. The summed E-state index contributed by atoms with van der Waals surface area (Å²) in [4.78, 5) is 6.97. The summed E-state index contributed by atoms with van der Waals surface area (Å²) in [5.41, 5.74) is 4.57. The van der Waals surface area contributed by atoms with Gasteiger partial charge < -0.3 is 10.2 Å². The lowest BCUT2D eigenvalue weighted by atomic mass is 9.91. The van der Waals surface area contributed by atoms with Crippen molar-refractivity contribution in [2.75, 3.05) is 26.2 Å². The molecule has 1 unspecified atom stereocenters. The summed E-state index contributed by atoms with van der Waals surface area (Å²) in [6.45, 7) is 6.72. The molecule has 0 aliphatic carbocycles. The normalized spacial score (nSPS) is 23.9. The topological polar surface area (TPSA) is 28.2 Å². The van der Waals surface area contributed by atoms with E-state index in [1.54, 1.807) is 11.3 Å². The van der Waals surface area contributed by atoms with Gasteiger partial charge in [-0.1, -0.05) is 30.3 Å². The molecular formula is C17H23N3S. The van der Waals surface area contributed by atoms with Crippen molar-refractivity contribution in [3.8, 4) is 0 Å². The van der Waals surface area contributed by atoms with E-state index in [4.69, 9.17) is 0 Å². The van der Waals surface area contributed by atoms with Gasteiger partial charge in [0.2, 0.25) is 0 Å². The van der Waals surface area contributed by atoms with E-state index >= 15 is 0 Å². The second-order valence-electron chi connectivity index (χ2n) is 5.98. The second kappa shape index (κ2) is 6.69. The van der Waals surface area contributed by atoms with Crippen LogP contribution >= 0.6 is 11.3 Å². The van der Waals surface area contributed by atoms with E-state index < -0.39 is 0 Å². The molecular weight excluding hydrogens is 278 g/mol. The van der Waals surface area contributed by atoms with Crippen molar-refractivity contribution in [1.29, 1.82) is 0 Å². The molecule has 1 atom stereocenters. The van der Waals surface area contributed by atoms with Crippen LogP contribution in [0.2, 0.25) is 0 Å². The fraction of sp³-hybridized carbons (Fsp3) is 0.471. The molecule has 0 radical (unpaired) electrons. The molecule has 1 fully saturated rings. The molecule has 3 nitrogen and oxygen atoms in total. The Bertz CT molecular complexity index is 540. The predicted molar refractivity (Wildman–Crippen MR) is 88.7 cm³/mol. The highest BCUT2D eigenvalue weighted by atomic mass is 32.1. The van der Waals surface area contributed by atoms with Gasteiger partial charge in [-0.25, -0.2) is 4.98 Å². The number of thiazole rings is 1. The molecule has 112 valence electrons. The molecule has 3 rings (SSSR count). The summed E-state index contributed by atoms with van der Waals surface area (Å²) in [5.74, 6) is 0. The van der Waals surface area contributed by atoms with Crippen LogP contribution in [0.3, 0.4) is 0 Å². The van der Waals surface area contributed by atoms with Crippen molar-refractivity contribution < 1.29 is 0 Å². The zero-order valence-electron chi connectivity index (χ0n) is 12.6. The Kier molecular flexibility index (Phi) is 4.68. The highest BCUT2D eigenvalue weighted by Gasteiger charge is 2.30. The van der Waals surface area contributed by atoms with Gasteiger partial charge in [0.05, 0.1) is 16.7 Å². The van der Waals surface area contributed by atoms with Gasteiger partial charge in [0.1, 0.15) is 0 Å². The molecule has 1 saturated heterocycles. The van der Waals surface area contributed by atoms with Crippen LogP contribution in [0.4, 0.5) is 0 Å². The molecule has 0 amide bonds. The first-order valence-corrected chi connectivity index (χ1v) is 8.60. The van der Waals surface area contributed by atoms with Crippen LogP contribution in [0.25, 0.3) is 0 Å². The van der Waals surface area contributed by atoms with Crippen LogP contribution in [0, 0.1) is 0 Å². The molecule has 1 aromatic carbocycles. The molecule has 1 aliphatic rings. The predicted octanol–water partition coefficient (Wildman–Crippen LogP) is 2.90. The highest BCUT2D eigenvalue weighted by Crippen LogP contribution is 2.24. The lowest BCUT2D eigenvalue weighted by molar-refractivity contribution is 0.222. The van der Waals surface area contributed by atoms with Gasteiger partial charge in [0.25, 0.3) is 0 Å². The van der Waals surface area contributed by atoms with Gasteiger partial charge in [-0.05, 0) is 32.0 Å². The maximum atomic E-state index is 4.39. The standard InChI is InChI=1S/C17H23N3S/c1-17(15-6-3-2-4-7-15)13-20(10-5-9-19-17)11-8-16-12-21-14-18-16/h2-4,6-7,12,14,19H,5,8-11,13H2,1H3. The Morgan fingerprint density at radius 2 is 2.19 bits per heavy atom. The van der Waals surface area contributed by atoms with Crippen molar-refractivity contribution >= 4 is 11.3 Å². The van der Waals surface area contributed by atoms with Crippen LogP contribution in [-0.4, -0.2) is 36.1 Å². The van der Waals surface area contributed by atoms with E-state index in [1.807, 2.05) is 5.51 Å². The Balaban J connectivity index is 1.68. The molecule has 0 bridgehead atoms. The average molecular weight is 301 g/mol. The number of aromatic nitrogens is 1. The fourth-order valence-corrected chi connectivity index (χ4v) is 3.67. The van der Waals surface area contributed by atoms with Crippen LogP contribution in [0.1, 0.15) is 24.6 Å². The van der Waals surface area contributed by atoms with E-state index in [0.717, 1.165) is 26.1 Å². The van der Waals surface area contributed by atoms with E-state index in [-0.39, 0.29) is 5.54 Å². The first-order chi connectivity index (χ1) is 10.3. The number of benzene rings is 1. The number of hydrogen-bond acceptors (Lipinski definition) is 4. The minimum Gasteiger partial charge on any atom is -0.307 e. The van der Waals surface area contributed by atoms with Crippen LogP contribution < -0.4 is 5.32 Å². The van der Waals surface area contributed by atoms with Crippen LogP contribution in [-0.2, 0) is 12.0 Å². The molecule has 4 heteroatoms. The summed E-state index contributed by atoms with van der Waals surface area (Å²) < 4.78 is 0. The number of nitrogens with one attached hydrogen (secondary N) is 1. The molecule has 1 N–H and O–H groups in total. The SMILES string of the molecule is CC1(c2ccccc2)CN(CCc2cscn2)CCCN1. The molecule has 1 aliphatic heterocycles. The third-order valence-corrected chi connectivity index (χ3v) is 4.92. The Morgan fingerprint density at radius 1 is 1.33 bits per heavy atom. The monoisotopic (exact) mass is 301 g/mol. The number of nitrogens with zero attached hydrogens (tertiary/aromatic N) is 2. The van der Waals surface area contributed by atoms with Crippen LogP contribution in [0.15, 0.2) is 41.2 Å². The van der Waals surface area contributed by atoms with Gasteiger partial charge in [0, 0.05) is 24.9 Å². The highest BCUT2D eigenvalue weighted by molar-refractivity contribution is 7.07. The summed E-state index contributed by atoms with van der Waals surface area (Å²) in [6.07, 6.45) is 2.26. The second-order valence-corrected chi connectivity index (χ2v) is 6.70. The zero-order valence-corrected chi connectivity index (χ0v) is 13.4. The Hall–Kier alpha value is -1.23. The number of rotatable bonds is 4. The van der Waals surface area contributed by atoms with Gasteiger partial charge in [-0.2, -0.15) is 0 Å². The van der Waals surface area contributed by atoms with E-state index in [1.165, 1.54) is 24.2 Å². The molecule has 2 aromatic rings. The minimum absolute atomic E-state index is 0.0415. The van der Waals surface area contributed by atoms with Crippen molar-refractivity contribution in [3.63, 3.8) is 0 Å². The Morgan fingerprint density at radius 3 is 2.95 bits per heavy atom. The third kappa shape index (κ3) is 3.70. The molecule has 0 spiro atoms. The largest absolute Gasteiger partial charge is 0.307 e. The van der Waals surface area contributed by atoms with Gasteiger partial charge >= 0.3 is 0 Å². The van der Waals surface area contributed by atoms with E-state index in [0.29, 0.717) is 0 Å². The van der Waals surface area contributed by atoms with Crippen molar-refractivity contribution in [2.45, 2.75) is 25.3 Å². The van der Waals surface area contributed by atoms with E-state index in [2.05, 4.69) is 57.8 Å². The summed E-state index contributed by atoms with van der Waals surface area (Å²) >= 11 is 1.68. The molecule has 0 saturated carbocycles. The smallest absolute Gasteiger partial charge is 0.0794 e. The quantitative estimate of drug-likeness (QED) is 0.941. The van der Waals surface area contributed by atoms with Crippen molar-refractivity contribution in [1.82, 2.24) is 15.2 Å². The Labute approximate surface area is 131 Å². The first-order valence-electron chi connectivity index (χ1n) is 7.66. The molecule has 2 heterocycles. The molecule has 1 aromatic heterocycles. The lowest BCUT2D eigenvalue weighted by Gasteiger charge is -2.34. The van der Waals surface area contributed by atoms with Crippen molar-refractivity contribution in [3.05, 3.63) is 52.5 Å². The van der Waals surface area contributed by atoms with Gasteiger partial charge in [-0.3, -0.25) is 0 Å². The van der Waals surface area contributed by atoms with Gasteiger partial charge in [0.15, 0.2) is 0 Å². The fourth-order valence-electron chi connectivity index (χ4n) is 3.07. The third-order valence-electron chi connectivity index (χ3n) is 4.28. The van der Waals surface area contributed by atoms with E-state index in [9.17, 15) is 0 Å². The van der Waals surface area contributed by atoms with Crippen LogP contribution in [0.5, 0.6) is 0 Å². The summed E-state index contributed by atoms with van der Waals surface area (Å²) in [6, 6.07) is 10.8. The zero-order chi connectivity index (χ0) is 14.5. The first kappa shape index (κ1) is 14.7. The minimum atomic E-state index is 0.0415. The number of hydrogen-bond donors (Lipinski definition) is 1. The maximum absolute atomic E-state index is 4.39. The average Bonchev–Trinajstić information content (AvgIpc) is 2.96. The summed E-state index contributed by atoms with van der Waals surface area (Å²) in [5, 5.41) is 5.90. The van der Waals surface area contributed by atoms with Gasteiger partial charge in [-0.15, -0.1) is 11.3 Å². The lowest BCUT2D eigenvalue weighted by Crippen LogP contribution is -2.46.